The van der Waals surface area contributed by atoms with Crippen LogP contribution in [0.5, 0.6) is 0 Å². The third-order valence-electron chi connectivity index (χ3n) is 13.3. The van der Waals surface area contributed by atoms with E-state index in [0.717, 1.165) is 103 Å². The van der Waals surface area contributed by atoms with Crippen molar-refractivity contribution in [3.63, 3.8) is 0 Å². The SMILES string of the molecule is CCCCCCCC/C=C\CCCCCCCC(=O)OCCN(CCOC(=O)OC(CCCCCC)CCCCCCCCC)CCN(CC)C(O)C(=O)OCC(CCCC)CCCCCC. The molecule has 0 aliphatic rings. The molecule has 0 rings (SSSR count). The molecule has 3 atom stereocenters. The van der Waals surface area contributed by atoms with Crippen LogP contribution < -0.4 is 0 Å². The van der Waals surface area contributed by atoms with Gasteiger partial charge in [0.05, 0.1) is 6.61 Å². The maximum atomic E-state index is 13.1. The van der Waals surface area contributed by atoms with Crippen LogP contribution >= 0.6 is 0 Å². The fraction of sp³-hybridized carbons (Fsp3) is 0.912. The maximum absolute atomic E-state index is 13.1. The van der Waals surface area contributed by atoms with Gasteiger partial charge in [0.1, 0.15) is 19.3 Å². The van der Waals surface area contributed by atoms with Crippen LogP contribution in [0.1, 0.15) is 266 Å². The highest BCUT2D eigenvalue weighted by molar-refractivity contribution is 5.73. The third-order valence-corrected chi connectivity index (χ3v) is 13.3. The molecule has 396 valence electrons. The minimum Gasteiger partial charge on any atom is -0.464 e. The summed E-state index contributed by atoms with van der Waals surface area (Å²) >= 11 is 0. The molecule has 67 heavy (non-hydrogen) atoms. The van der Waals surface area contributed by atoms with Crippen molar-refractivity contribution in [2.45, 2.75) is 279 Å². The summed E-state index contributed by atoms with van der Waals surface area (Å²) in [6.45, 7) is 15.8. The lowest BCUT2D eigenvalue weighted by atomic mass is 9.96. The van der Waals surface area contributed by atoms with Gasteiger partial charge in [-0.05, 0) is 83.1 Å². The number of allylic oxidation sites excluding steroid dienone is 2. The summed E-state index contributed by atoms with van der Waals surface area (Å²) in [6, 6.07) is 0. The quantitative estimate of drug-likeness (QED) is 0.0208. The minimum absolute atomic E-state index is 0.121. The fourth-order valence-corrected chi connectivity index (χ4v) is 8.66. The van der Waals surface area contributed by atoms with E-state index in [2.05, 4.69) is 51.7 Å². The van der Waals surface area contributed by atoms with Crippen LogP contribution in [0, 0.1) is 5.92 Å². The van der Waals surface area contributed by atoms with Crippen molar-refractivity contribution in [3.05, 3.63) is 12.2 Å². The van der Waals surface area contributed by atoms with E-state index in [9.17, 15) is 19.5 Å². The van der Waals surface area contributed by atoms with E-state index in [1.54, 1.807) is 4.90 Å². The number of rotatable bonds is 51. The van der Waals surface area contributed by atoms with Crippen LogP contribution in [0.25, 0.3) is 0 Å². The second-order valence-electron chi connectivity index (χ2n) is 19.5. The molecule has 0 spiro atoms. The number of ether oxygens (including phenoxy) is 4. The zero-order valence-electron chi connectivity index (χ0n) is 45.0. The van der Waals surface area contributed by atoms with Gasteiger partial charge in [-0.1, -0.05) is 201 Å². The number of hydrogen-bond acceptors (Lipinski definition) is 10. The normalized spacial score (nSPS) is 13.1. The number of hydrogen-bond donors (Lipinski definition) is 1. The minimum atomic E-state index is -1.38. The Morgan fingerprint density at radius 2 is 0.925 bits per heavy atom. The van der Waals surface area contributed by atoms with Crippen LogP contribution in [0.4, 0.5) is 4.79 Å². The molecule has 0 bridgehead atoms. The second-order valence-corrected chi connectivity index (χ2v) is 19.5. The maximum Gasteiger partial charge on any atom is 0.508 e. The van der Waals surface area contributed by atoms with Gasteiger partial charge in [0.15, 0.2) is 0 Å². The molecule has 0 radical (unpaired) electrons. The average Bonchev–Trinajstić information content (AvgIpc) is 3.32. The van der Waals surface area contributed by atoms with Gasteiger partial charge in [-0.2, -0.15) is 0 Å². The first-order chi connectivity index (χ1) is 32.8. The Bertz CT molecular complexity index is 1120. The van der Waals surface area contributed by atoms with E-state index in [1.807, 2.05) is 6.92 Å². The fourth-order valence-electron chi connectivity index (χ4n) is 8.66. The van der Waals surface area contributed by atoms with Crippen molar-refractivity contribution in [2.75, 3.05) is 52.5 Å². The van der Waals surface area contributed by atoms with Gasteiger partial charge < -0.3 is 24.1 Å². The summed E-state index contributed by atoms with van der Waals surface area (Å²) in [5.41, 5.74) is 0. The molecule has 0 heterocycles. The topological polar surface area (TPSA) is 115 Å². The van der Waals surface area contributed by atoms with E-state index in [-0.39, 0.29) is 25.3 Å². The molecule has 3 unspecified atom stereocenters. The largest absolute Gasteiger partial charge is 0.508 e. The molecule has 0 aromatic heterocycles. The molecule has 1 N–H and O–H groups in total. The molecular weight excluding hydrogens is 841 g/mol. The number of esters is 2. The monoisotopic (exact) mass is 951 g/mol. The van der Waals surface area contributed by atoms with E-state index in [1.165, 1.54) is 116 Å². The molecule has 0 aromatic carbocycles. The van der Waals surface area contributed by atoms with Crippen molar-refractivity contribution < 1.29 is 38.4 Å². The van der Waals surface area contributed by atoms with Crippen LogP contribution in [0.2, 0.25) is 0 Å². The van der Waals surface area contributed by atoms with Crippen molar-refractivity contribution >= 4 is 18.1 Å². The molecule has 0 fully saturated rings. The number of aliphatic hydroxyl groups excluding tert-OH is 1. The number of carbonyl (C=O) groups is 3. The second kappa shape index (κ2) is 50.2. The highest BCUT2D eigenvalue weighted by Crippen LogP contribution is 2.20. The lowest BCUT2D eigenvalue weighted by Gasteiger charge is -2.29. The molecule has 0 aliphatic heterocycles. The summed E-state index contributed by atoms with van der Waals surface area (Å²) < 4.78 is 23.0. The summed E-state index contributed by atoms with van der Waals surface area (Å²) in [4.78, 5) is 42.7. The Hall–Kier alpha value is -2.17. The van der Waals surface area contributed by atoms with Crippen LogP contribution in [0.3, 0.4) is 0 Å². The van der Waals surface area contributed by atoms with E-state index < -0.39 is 18.4 Å². The van der Waals surface area contributed by atoms with Gasteiger partial charge in [0.25, 0.3) is 0 Å². The Morgan fingerprint density at radius 1 is 0.478 bits per heavy atom. The Kier molecular flexibility index (Phi) is 48.6. The van der Waals surface area contributed by atoms with Crippen molar-refractivity contribution in [2.24, 2.45) is 5.92 Å². The third kappa shape index (κ3) is 42.4. The van der Waals surface area contributed by atoms with Gasteiger partial charge in [0.2, 0.25) is 6.23 Å². The number of likely N-dealkylation sites (N-methyl/N-ethyl adjacent to an activating group) is 1. The van der Waals surface area contributed by atoms with Gasteiger partial charge in [-0.3, -0.25) is 14.6 Å². The molecule has 0 saturated heterocycles. The first-order valence-electron chi connectivity index (χ1n) is 28.7. The summed E-state index contributed by atoms with van der Waals surface area (Å²) in [5.74, 6) is -0.499. The highest BCUT2D eigenvalue weighted by Gasteiger charge is 2.26. The van der Waals surface area contributed by atoms with Gasteiger partial charge in [0, 0.05) is 32.6 Å². The molecule has 0 aromatic rings. The summed E-state index contributed by atoms with van der Waals surface area (Å²) in [7, 11) is 0. The lowest BCUT2D eigenvalue weighted by molar-refractivity contribution is -0.166. The molecule has 0 saturated carbocycles. The van der Waals surface area contributed by atoms with Gasteiger partial charge in [-0.15, -0.1) is 0 Å². The summed E-state index contributed by atoms with van der Waals surface area (Å²) in [6.07, 6.45) is 42.4. The Morgan fingerprint density at radius 3 is 1.46 bits per heavy atom. The van der Waals surface area contributed by atoms with Crippen LogP contribution in [-0.2, 0) is 28.5 Å². The van der Waals surface area contributed by atoms with E-state index >= 15 is 0 Å². The highest BCUT2D eigenvalue weighted by atomic mass is 16.7. The standard InChI is InChI=1S/C57H110N2O8/c1-7-13-18-22-24-25-26-27-28-29-30-31-33-35-39-44-54(60)64-49-47-58(45-46-59(12-6)55(61)56(62)66-51-52(40-17-11-5)41-36-20-15-9-3)48-50-65-57(63)67-53(42-37-21-16-10-4)43-38-34-32-23-19-14-8-2/h27-28,52-53,55,61H,7-26,29-51H2,1-6H3/b28-27-. The average molecular weight is 952 g/mol. The molecule has 10 nitrogen and oxygen atoms in total. The number of nitrogens with zero attached hydrogens (tertiary/aromatic N) is 2. The first kappa shape index (κ1) is 64.8. The first-order valence-corrected chi connectivity index (χ1v) is 28.7. The predicted octanol–water partition coefficient (Wildman–Crippen LogP) is 15.5. The molecular formula is C57H110N2O8. The van der Waals surface area contributed by atoms with Gasteiger partial charge >= 0.3 is 18.1 Å². The van der Waals surface area contributed by atoms with E-state index in [4.69, 9.17) is 18.9 Å². The van der Waals surface area contributed by atoms with Crippen LogP contribution in [-0.4, -0.2) is 97.9 Å². The Labute approximate surface area is 414 Å². The zero-order chi connectivity index (χ0) is 49.3. The number of unbranched alkanes of at least 4 members (excludes halogenated alkanes) is 24. The van der Waals surface area contributed by atoms with Crippen molar-refractivity contribution in [1.82, 2.24) is 9.80 Å². The molecule has 10 heteroatoms. The summed E-state index contributed by atoms with van der Waals surface area (Å²) in [5, 5.41) is 11.1. The molecule has 0 amide bonds. The van der Waals surface area contributed by atoms with E-state index in [0.29, 0.717) is 51.7 Å². The number of carbonyl (C=O) groups excluding carboxylic acids is 3. The smallest absolute Gasteiger partial charge is 0.464 e. The van der Waals surface area contributed by atoms with Crippen molar-refractivity contribution in [3.8, 4) is 0 Å². The van der Waals surface area contributed by atoms with Crippen molar-refractivity contribution in [1.29, 1.82) is 0 Å². The zero-order valence-corrected chi connectivity index (χ0v) is 45.0. The molecule has 0 aliphatic carbocycles. The van der Waals surface area contributed by atoms with Crippen LogP contribution in [0.15, 0.2) is 12.2 Å². The van der Waals surface area contributed by atoms with Gasteiger partial charge in [-0.25, -0.2) is 9.59 Å². The Balaban J connectivity index is 5.19. The number of aliphatic hydroxyl groups is 1. The lowest BCUT2D eigenvalue weighted by Crippen LogP contribution is -2.46. The predicted molar refractivity (Wildman–Crippen MR) is 280 cm³/mol.